The number of piperidine rings is 1. The third-order valence-electron chi connectivity index (χ3n) is 3.94. The molecule has 1 atom stereocenters. The Hall–Kier alpha value is -0.660. The summed E-state index contributed by atoms with van der Waals surface area (Å²) in [6, 6.07) is 0.0888. The van der Waals surface area contributed by atoms with Crippen LogP contribution in [-0.2, 0) is 14.8 Å². The number of nitrogens with two attached hydrogens (primary N) is 1. The van der Waals surface area contributed by atoms with Crippen LogP contribution in [0.4, 0.5) is 0 Å². The van der Waals surface area contributed by atoms with E-state index in [1.54, 1.807) is 4.31 Å². The molecular weight excluding hydrogens is 290 g/mol. The second kappa shape index (κ2) is 8.70. The summed E-state index contributed by atoms with van der Waals surface area (Å²) in [6.07, 6.45) is 3.67. The Labute approximate surface area is 128 Å². The Kier molecular flexibility index (Phi) is 7.62. The largest absolute Gasteiger partial charge is 0.353 e. The molecule has 1 unspecified atom stereocenters. The highest BCUT2D eigenvalue weighted by molar-refractivity contribution is 7.89. The lowest BCUT2D eigenvalue weighted by molar-refractivity contribution is -0.125. The van der Waals surface area contributed by atoms with Gasteiger partial charge in [0.15, 0.2) is 0 Å². The van der Waals surface area contributed by atoms with Crippen LogP contribution in [0.2, 0.25) is 0 Å². The van der Waals surface area contributed by atoms with Crippen molar-refractivity contribution in [3.05, 3.63) is 0 Å². The molecule has 0 aromatic rings. The van der Waals surface area contributed by atoms with Crippen molar-refractivity contribution in [2.24, 2.45) is 11.7 Å². The van der Waals surface area contributed by atoms with Gasteiger partial charge >= 0.3 is 0 Å². The van der Waals surface area contributed by atoms with Gasteiger partial charge in [0, 0.05) is 25.0 Å². The van der Waals surface area contributed by atoms with Crippen LogP contribution >= 0.6 is 0 Å². The van der Waals surface area contributed by atoms with E-state index in [0.29, 0.717) is 38.9 Å². The van der Waals surface area contributed by atoms with E-state index in [1.165, 1.54) is 0 Å². The highest BCUT2D eigenvalue weighted by Crippen LogP contribution is 2.16. The van der Waals surface area contributed by atoms with Crippen molar-refractivity contribution in [3.8, 4) is 0 Å². The van der Waals surface area contributed by atoms with E-state index in [4.69, 9.17) is 5.73 Å². The molecule has 21 heavy (non-hydrogen) atoms. The van der Waals surface area contributed by atoms with Gasteiger partial charge in [-0.3, -0.25) is 4.79 Å². The van der Waals surface area contributed by atoms with E-state index >= 15 is 0 Å². The third kappa shape index (κ3) is 5.92. The molecule has 1 aliphatic rings. The summed E-state index contributed by atoms with van der Waals surface area (Å²) >= 11 is 0. The fourth-order valence-electron chi connectivity index (χ4n) is 2.56. The summed E-state index contributed by atoms with van der Waals surface area (Å²) in [5.74, 6) is 0.230. The maximum absolute atomic E-state index is 12.0. The maximum Gasteiger partial charge on any atom is 0.223 e. The van der Waals surface area contributed by atoms with Crippen molar-refractivity contribution < 1.29 is 13.2 Å². The molecule has 0 bridgehead atoms. The molecule has 6 nitrogen and oxygen atoms in total. The molecule has 0 aromatic heterocycles. The molecule has 7 heteroatoms. The van der Waals surface area contributed by atoms with Crippen molar-refractivity contribution in [1.29, 1.82) is 0 Å². The topological polar surface area (TPSA) is 92.5 Å². The van der Waals surface area contributed by atoms with E-state index in [9.17, 15) is 13.2 Å². The number of hydrogen-bond acceptors (Lipinski definition) is 4. The minimum absolute atomic E-state index is 0.0320. The van der Waals surface area contributed by atoms with Crippen molar-refractivity contribution in [3.63, 3.8) is 0 Å². The second-order valence-electron chi connectivity index (χ2n) is 5.83. The van der Waals surface area contributed by atoms with E-state index in [1.807, 2.05) is 13.8 Å². The summed E-state index contributed by atoms with van der Waals surface area (Å²) in [5, 5.41) is 3.03. The zero-order valence-electron chi connectivity index (χ0n) is 13.2. The van der Waals surface area contributed by atoms with Gasteiger partial charge < -0.3 is 11.1 Å². The average molecular weight is 319 g/mol. The first-order chi connectivity index (χ1) is 9.90. The van der Waals surface area contributed by atoms with Crippen LogP contribution in [-0.4, -0.2) is 50.1 Å². The van der Waals surface area contributed by atoms with Gasteiger partial charge in [-0.15, -0.1) is 0 Å². The normalized spacial score (nSPS) is 19.4. The Bertz CT molecular complexity index is 417. The predicted octanol–water partition coefficient (Wildman–Crippen LogP) is 0.682. The average Bonchev–Trinajstić information content (AvgIpc) is 2.45. The van der Waals surface area contributed by atoms with Gasteiger partial charge in [0.05, 0.1) is 5.75 Å². The molecule has 0 spiro atoms. The van der Waals surface area contributed by atoms with Crippen LogP contribution in [0.1, 0.15) is 46.0 Å². The summed E-state index contributed by atoms with van der Waals surface area (Å²) in [6.45, 7) is 5.39. The molecule has 1 heterocycles. The van der Waals surface area contributed by atoms with Gasteiger partial charge in [0.1, 0.15) is 0 Å². The molecule has 1 amide bonds. The maximum atomic E-state index is 12.0. The second-order valence-corrected chi connectivity index (χ2v) is 7.92. The highest BCUT2D eigenvalue weighted by atomic mass is 32.2. The van der Waals surface area contributed by atoms with Gasteiger partial charge in [0.25, 0.3) is 0 Å². The van der Waals surface area contributed by atoms with Crippen molar-refractivity contribution >= 4 is 15.9 Å². The van der Waals surface area contributed by atoms with E-state index in [-0.39, 0.29) is 23.6 Å². The Balaban J connectivity index is 2.38. The number of amides is 1. The van der Waals surface area contributed by atoms with Crippen LogP contribution in [0.3, 0.4) is 0 Å². The van der Waals surface area contributed by atoms with Gasteiger partial charge in [-0.05, 0) is 38.6 Å². The minimum atomic E-state index is -3.11. The monoisotopic (exact) mass is 319 g/mol. The molecule has 0 saturated carbocycles. The number of hydrogen-bond donors (Lipinski definition) is 2. The molecule has 3 N–H and O–H groups in total. The fourth-order valence-corrected chi connectivity index (χ4v) is 4.11. The summed E-state index contributed by atoms with van der Waals surface area (Å²) in [7, 11) is -3.11. The summed E-state index contributed by atoms with van der Waals surface area (Å²) in [4.78, 5) is 12.0. The van der Waals surface area contributed by atoms with Crippen LogP contribution in [0.15, 0.2) is 0 Å². The fraction of sp³-hybridized carbons (Fsp3) is 0.929. The number of carbonyl (C=O) groups is 1. The first kappa shape index (κ1) is 18.4. The summed E-state index contributed by atoms with van der Waals surface area (Å²) < 4.78 is 25.5. The quantitative estimate of drug-likeness (QED) is 0.688. The van der Waals surface area contributed by atoms with Gasteiger partial charge in [-0.25, -0.2) is 12.7 Å². The minimum Gasteiger partial charge on any atom is -0.353 e. The van der Waals surface area contributed by atoms with Crippen LogP contribution in [0.5, 0.6) is 0 Å². The number of nitrogens with zero attached hydrogens (tertiary/aromatic N) is 1. The van der Waals surface area contributed by atoms with Crippen molar-refractivity contribution in [2.45, 2.75) is 52.0 Å². The smallest absolute Gasteiger partial charge is 0.223 e. The van der Waals surface area contributed by atoms with E-state index < -0.39 is 10.0 Å². The van der Waals surface area contributed by atoms with Crippen LogP contribution in [0, 0.1) is 5.92 Å². The molecule has 0 radical (unpaired) electrons. The highest BCUT2D eigenvalue weighted by Gasteiger charge is 2.28. The number of rotatable bonds is 8. The standard InChI is InChI=1S/C14H29N3O3S/c1-3-11-21(19,20)17-9-6-13(7-10-17)16-14(18)12(2)5-4-8-15/h12-13H,3-11,15H2,1-2H3,(H,16,18). The van der Waals surface area contributed by atoms with Crippen LogP contribution in [0.25, 0.3) is 0 Å². The molecule has 1 fully saturated rings. The number of sulfonamides is 1. The van der Waals surface area contributed by atoms with Crippen LogP contribution < -0.4 is 11.1 Å². The predicted molar refractivity (Wildman–Crippen MR) is 84.3 cm³/mol. The first-order valence-electron chi connectivity index (χ1n) is 7.89. The van der Waals surface area contributed by atoms with Gasteiger partial charge in [0.2, 0.25) is 15.9 Å². The molecule has 0 aromatic carbocycles. The van der Waals surface area contributed by atoms with Crippen molar-refractivity contribution in [1.82, 2.24) is 9.62 Å². The number of nitrogens with one attached hydrogen (secondary N) is 1. The first-order valence-corrected chi connectivity index (χ1v) is 9.50. The summed E-state index contributed by atoms with van der Waals surface area (Å²) in [5.41, 5.74) is 5.45. The molecule has 1 saturated heterocycles. The van der Waals surface area contributed by atoms with Gasteiger partial charge in [-0.1, -0.05) is 13.8 Å². The zero-order chi connectivity index (χ0) is 15.9. The number of carbonyl (C=O) groups excluding carboxylic acids is 1. The molecule has 124 valence electrons. The molecule has 1 rings (SSSR count). The molecule has 1 aliphatic heterocycles. The molecular formula is C14H29N3O3S. The lowest BCUT2D eigenvalue weighted by atomic mass is 10.0. The van der Waals surface area contributed by atoms with E-state index in [2.05, 4.69) is 5.32 Å². The lowest BCUT2D eigenvalue weighted by Gasteiger charge is -2.32. The Morgan fingerprint density at radius 2 is 2.00 bits per heavy atom. The van der Waals surface area contributed by atoms with Gasteiger partial charge in [-0.2, -0.15) is 0 Å². The molecule has 0 aliphatic carbocycles. The lowest BCUT2D eigenvalue weighted by Crippen LogP contribution is -2.48. The zero-order valence-corrected chi connectivity index (χ0v) is 14.0. The Morgan fingerprint density at radius 3 is 2.52 bits per heavy atom. The van der Waals surface area contributed by atoms with E-state index in [0.717, 1.165) is 12.8 Å². The third-order valence-corrected chi connectivity index (χ3v) is 6.02. The Morgan fingerprint density at radius 1 is 1.38 bits per heavy atom. The SMILES string of the molecule is CCCS(=O)(=O)N1CCC(NC(=O)C(C)CCCN)CC1. The van der Waals surface area contributed by atoms with Crippen molar-refractivity contribution in [2.75, 3.05) is 25.4 Å².